The zero-order chi connectivity index (χ0) is 24.1. The quantitative estimate of drug-likeness (QED) is 0.513. The predicted molar refractivity (Wildman–Crippen MR) is 128 cm³/mol. The molecule has 180 valence electrons. The van der Waals surface area contributed by atoms with E-state index >= 15 is 0 Å². The summed E-state index contributed by atoms with van der Waals surface area (Å²) in [4.78, 5) is 36.3. The minimum atomic E-state index is -0.792. The number of carboxylic acids is 1. The second kappa shape index (κ2) is 10.7. The smallest absolute Gasteiger partial charge is 0.407 e. The normalized spacial score (nSPS) is 19.7. The summed E-state index contributed by atoms with van der Waals surface area (Å²) in [6.45, 7) is 2.48. The molecule has 0 unspecified atom stereocenters. The van der Waals surface area contributed by atoms with Crippen molar-refractivity contribution in [1.29, 1.82) is 0 Å². The second-order valence-corrected chi connectivity index (χ2v) is 9.22. The van der Waals surface area contributed by atoms with Gasteiger partial charge in [-0.3, -0.25) is 9.59 Å². The van der Waals surface area contributed by atoms with Crippen LogP contribution in [0.1, 0.15) is 56.1 Å². The SMILES string of the molecule is CC[C@H](CC(=O)NC[C@@H]1CCC[C@@H]1C(=O)O)NC(=O)OCC1c2ccccc2-c2ccccc21. The molecule has 0 heterocycles. The average molecular weight is 465 g/mol. The van der Waals surface area contributed by atoms with E-state index in [0.29, 0.717) is 19.4 Å². The maximum Gasteiger partial charge on any atom is 0.407 e. The maximum absolute atomic E-state index is 12.5. The Morgan fingerprint density at radius 2 is 1.68 bits per heavy atom. The molecule has 0 aliphatic heterocycles. The van der Waals surface area contributed by atoms with Gasteiger partial charge in [0.2, 0.25) is 5.91 Å². The third kappa shape index (κ3) is 5.24. The van der Waals surface area contributed by atoms with E-state index in [0.717, 1.165) is 24.0 Å². The monoisotopic (exact) mass is 464 g/mol. The van der Waals surface area contributed by atoms with Crippen LogP contribution >= 0.6 is 0 Å². The van der Waals surface area contributed by atoms with Crippen LogP contribution in [0.3, 0.4) is 0 Å². The van der Waals surface area contributed by atoms with E-state index in [1.54, 1.807) is 0 Å². The molecule has 7 nitrogen and oxygen atoms in total. The van der Waals surface area contributed by atoms with Crippen molar-refractivity contribution in [2.45, 2.75) is 51.0 Å². The number of amides is 2. The Balaban J connectivity index is 1.27. The van der Waals surface area contributed by atoms with Gasteiger partial charge in [0.1, 0.15) is 6.61 Å². The van der Waals surface area contributed by atoms with Gasteiger partial charge in [0.15, 0.2) is 0 Å². The minimum Gasteiger partial charge on any atom is -0.481 e. The molecular formula is C27H32N2O5. The van der Waals surface area contributed by atoms with E-state index in [4.69, 9.17) is 4.74 Å². The van der Waals surface area contributed by atoms with Gasteiger partial charge in [-0.1, -0.05) is 61.9 Å². The van der Waals surface area contributed by atoms with Gasteiger partial charge in [-0.15, -0.1) is 0 Å². The molecule has 0 aromatic heterocycles. The number of carbonyl (C=O) groups excluding carboxylic acids is 2. The summed E-state index contributed by atoms with van der Waals surface area (Å²) in [6, 6.07) is 16.0. The van der Waals surface area contributed by atoms with Gasteiger partial charge < -0.3 is 20.5 Å². The number of nitrogens with one attached hydrogen (secondary N) is 2. The summed E-state index contributed by atoms with van der Waals surface area (Å²) >= 11 is 0. The first-order valence-electron chi connectivity index (χ1n) is 12.1. The number of hydrogen-bond acceptors (Lipinski definition) is 4. The summed E-state index contributed by atoms with van der Waals surface area (Å²) in [6.07, 6.45) is 2.52. The fourth-order valence-corrected chi connectivity index (χ4v) is 5.25. The van der Waals surface area contributed by atoms with Crippen molar-refractivity contribution in [2.75, 3.05) is 13.2 Å². The molecule has 4 rings (SSSR count). The van der Waals surface area contributed by atoms with E-state index in [-0.39, 0.29) is 42.7 Å². The summed E-state index contributed by atoms with van der Waals surface area (Å²) in [5.74, 6) is -1.42. The molecule has 1 fully saturated rings. The van der Waals surface area contributed by atoms with Crippen LogP contribution in [0.25, 0.3) is 11.1 Å². The third-order valence-corrected chi connectivity index (χ3v) is 7.13. The molecule has 0 bridgehead atoms. The fourth-order valence-electron chi connectivity index (χ4n) is 5.25. The Kier molecular flexibility index (Phi) is 7.50. The van der Waals surface area contributed by atoms with Crippen molar-refractivity contribution in [3.8, 4) is 11.1 Å². The lowest BCUT2D eigenvalue weighted by Gasteiger charge is -2.20. The number of benzene rings is 2. The highest BCUT2D eigenvalue weighted by Gasteiger charge is 2.33. The molecule has 2 aromatic carbocycles. The van der Waals surface area contributed by atoms with Gasteiger partial charge in [0, 0.05) is 24.9 Å². The standard InChI is InChI=1S/C27H32N2O5/c1-2-18(14-25(30)28-15-17-8-7-13-19(17)26(31)32)29-27(33)34-16-24-22-11-5-3-9-20(22)21-10-4-6-12-23(21)24/h3-6,9-12,17-19,24H,2,7-8,13-16H2,1H3,(H,28,30)(H,29,33)(H,31,32)/t17-,18+,19-/m0/s1. The lowest BCUT2D eigenvalue weighted by molar-refractivity contribution is -0.143. The van der Waals surface area contributed by atoms with Crippen LogP contribution in [0, 0.1) is 11.8 Å². The van der Waals surface area contributed by atoms with Gasteiger partial charge in [0.05, 0.1) is 5.92 Å². The fraction of sp³-hybridized carbons (Fsp3) is 0.444. The first kappa shape index (κ1) is 23.8. The Bertz CT molecular complexity index is 1010. The van der Waals surface area contributed by atoms with Gasteiger partial charge in [-0.05, 0) is 47.4 Å². The minimum absolute atomic E-state index is 0.0184. The van der Waals surface area contributed by atoms with Crippen molar-refractivity contribution in [3.63, 3.8) is 0 Å². The molecule has 0 saturated heterocycles. The number of ether oxygens (including phenoxy) is 1. The van der Waals surface area contributed by atoms with Crippen LogP contribution < -0.4 is 10.6 Å². The molecule has 2 aromatic rings. The number of carboxylic acid groups (broad SMARTS) is 1. The second-order valence-electron chi connectivity index (χ2n) is 9.22. The highest BCUT2D eigenvalue weighted by Crippen LogP contribution is 2.44. The predicted octanol–water partition coefficient (Wildman–Crippen LogP) is 4.31. The van der Waals surface area contributed by atoms with Gasteiger partial charge in [-0.25, -0.2) is 4.79 Å². The number of alkyl carbamates (subject to hydrolysis) is 1. The Morgan fingerprint density at radius 3 is 2.29 bits per heavy atom. The zero-order valence-electron chi connectivity index (χ0n) is 19.5. The Labute approximate surface area is 199 Å². The van der Waals surface area contributed by atoms with Crippen molar-refractivity contribution in [2.24, 2.45) is 11.8 Å². The third-order valence-electron chi connectivity index (χ3n) is 7.13. The summed E-state index contributed by atoms with van der Waals surface area (Å²) in [7, 11) is 0. The number of rotatable bonds is 9. The van der Waals surface area contributed by atoms with E-state index < -0.39 is 12.1 Å². The highest BCUT2D eigenvalue weighted by atomic mass is 16.5. The summed E-state index contributed by atoms with van der Waals surface area (Å²) in [5.41, 5.74) is 4.63. The average Bonchev–Trinajstić information content (AvgIpc) is 3.44. The van der Waals surface area contributed by atoms with E-state index in [9.17, 15) is 19.5 Å². The zero-order valence-corrected chi connectivity index (χ0v) is 19.5. The molecule has 0 radical (unpaired) electrons. The highest BCUT2D eigenvalue weighted by molar-refractivity contribution is 5.79. The molecule has 34 heavy (non-hydrogen) atoms. The van der Waals surface area contributed by atoms with E-state index in [1.165, 1.54) is 11.1 Å². The maximum atomic E-state index is 12.5. The number of aliphatic carboxylic acids is 1. The van der Waals surface area contributed by atoms with E-state index in [2.05, 4.69) is 34.9 Å². The van der Waals surface area contributed by atoms with Crippen LogP contribution in [0.2, 0.25) is 0 Å². The van der Waals surface area contributed by atoms with Crippen LogP contribution in [-0.2, 0) is 14.3 Å². The van der Waals surface area contributed by atoms with E-state index in [1.807, 2.05) is 31.2 Å². The molecule has 2 aliphatic carbocycles. The number of carbonyl (C=O) groups is 3. The largest absolute Gasteiger partial charge is 0.481 e. The lowest BCUT2D eigenvalue weighted by Crippen LogP contribution is -2.41. The lowest BCUT2D eigenvalue weighted by atomic mass is 9.96. The van der Waals surface area contributed by atoms with Crippen LogP contribution in [0.15, 0.2) is 48.5 Å². The van der Waals surface area contributed by atoms with Crippen molar-refractivity contribution < 1.29 is 24.2 Å². The van der Waals surface area contributed by atoms with Crippen molar-refractivity contribution >= 4 is 18.0 Å². The number of hydrogen-bond donors (Lipinski definition) is 3. The molecule has 1 saturated carbocycles. The first-order valence-corrected chi connectivity index (χ1v) is 12.1. The van der Waals surface area contributed by atoms with Gasteiger partial charge >= 0.3 is 12.1 Å². The molecule has 2 amide bonds. The molecule has 0 spiro atoms. The number of fused-ring (bicyclic) bond motifs is 3. The summed E-state index contributed by atoms with van der Waals surface area (Å²) < 4.78 is 5.59. The molecular weight excluding hydrogens is 432 g/mol. The topological polar surface area (TPSA) is 105 Å². The van der Waals surface area contributed by atoms with Crippen molar-refractivity contribution in [3.05, 3.63) is 59.7 Å². The van der Waals surface area contributed by atoms with Gasteiger partial charge in [0.25, 0.3) is 0 Å². The molecule has 2 aliphatic rings. The van der Waals surface area contributed by atoms with Crippen molar-refractivity contribution in [1.82, 2.24) is 10.6 Å². The molecule has 3 N–H and O–H groups in total. The molecule has 7 heteroatoms. The van der Waals surface area contributed by atoms with Crippen LogP contribution in [-0.4, -0.2) is 42.3 Å². The van der Waals surface area contributed by atoms with Crippen LogP contribution in [0.5, 0.6) is 0 Å². The Morgan fingerprint density at radius 1 is 1.03 bits per heavy atom. The molecule has 3 atom stereocenters. The first-order chi connectivity index (χ1) is 16.5. The van der Waals surface area contributed by atoms with Gasteiger partial charge in [-0.2, -0.15) is 0 Å². The Hall–Kier alpha value is -3.35. The van der Waals surface area contributed by atoms with Crippen LogP contribution in [0.4, 0.5) is 4.79 Å². The summed E-state index contributed by atoms with van der Waals surface area (Å²) in [5, 5.41) is 15.0.